The first-order valence-electron chi connectivity index (χ1n) is 11.6. The molecule has 2 rings (SSSR count). The second-order valence-corrected chi connectivity index (χ2v) is 8.02. The molecule has 186 valence electrons. The van der Waals surface area contributed by atoms with Gasteiger partial charge in [-0.1, -0.05) is 34.6 Å². The van der Waals surface area contributed by atoms with E-state index in [1.807, 2.05) is 34.0 Å². The molecule has 0 aromatic carbocycles. The Hall–Kier alpha value is -1.58. The van der Waals surface area contributed by atoms with Gasteiger partial charge in [-0.05, 0) is 43.6 Å². The van der Waals surface area contributed by atoms with Crippen molar-refractivity contribution in [2.45, 2.75) is 79.1 Å². The molecule has 0 aliphatic carbocycles. The highest BCUT2D eigenvalue weighted by Crippen LogP contribution is 2.32. The number of hydrogen-bond acceptors (Lipinski definition) is 7. The van der Waals surface area contributed by atoms with Crippen LogP contribution in [0.4, 0.5) is 0 Å². The Morgan fingerprint density at radius 1 is 1.25 bits per heavy atom. The van der Waals surface area contributed by atoms with Crippen molar-refractivity contribution in [2.75, 3.05) is 32.3 Å². The molecule has 0 amide bonds. The third-order valence-electron chi connectivity index (χ3n) is 4.81. The van der Waals surface area contributed by atoms with E-state index in [2.05, 4.69) is 11.9 Å². The van der Waals surface area contributed by atoms with E-state index in [9.17, 15) is 14.4 Å². The Morgan fingerprint density at radius 2 is 1.94 bits per heavy atom. The molecule has 32 heavy (non-hydrogen) atoms. The summed E-state index contributed by atoms with van der Waals surface area (Å²) in [7, 11) is 1.61. The summed E-state index contributed by atoms with van der Waals surface area (Å²) >= 11 is 1.70. The number of nitrogens with one attached hydrogen (secondary N) is 1. The minimum absolute atomic E-state index is 0.0807. The van der Waals surface area contributed by atoms with E-state index in [0.717, 1.165) is 12.2 Å². The van der Waals surface area contributed by atoms with Crippen LogP contribution in [-0.4, -0.2) is 54.0 Å². The van der Waals surface area contributed by atoms with Gasteiger partial charge in [0.25, 0.3) is 5.56 Å². The van der Waals surface area contributed by atoms with E-state index in [-0.39, 0.29) is 24.6 Å². The fourth-order valence-corrected chi connectivity index (χ4v) is 3.64. The standard InChI is InChI=1S/C19H30N2O6S.2C2H6/c1-13-10-16(27-15(13)12-25-2)21-11-14(18(23)20-19(21)24)6-4-8-26-17(22)7-5-9-28-3;2*1-2/h11,13,15-16H,4-10,12H2,1-3H3,(H,20,23,24);2*1-2H3. The highest BCUT2D eigenvalue weighted by atomic mass is 32.2. The SMILES string of the molecule is CC.CC.COCC1OC(n2cc(CCCOC(=O)CCCSC)c(=O)[nH]c2=O)CC1C. The van der Waals surface area contributed by atoms with Crippen LogP contribution < -0.4 is 11.2 Å². The molecule has 0 radical (unpaired) electrons. The van der Waals surface area contributed by atoms with Crippen LogP contribution in [0.1, 0.15) is 72.1 Å². The molecule has 0 saturated carbocycles. The highest BCUT2D eigenvalue weighted by Gasteiger charge is 2.33. The Kier molecular flexibility index (Phi) is 17.0. The van der Waals surface area contributed by atoms with Crippen LogP contribution in [0.2, 0.25) is 0 Å². The van der Waals surface area contributed by atoms with E-state index in [1.165, 1.54) is 4.57 Å². The van der Waals surface area contributed by atoms with Gasteiger partial charge in [-0.3, -0.25) is 19.1 Å². The maximum atomic E-state index is 12.2. The van der Waals surface area contributed by atoms with Crippen molar-refractivity contribution in [3.05, 3.63) is 32.6 Å². The predicted octanol–water partition coefficient (Wildman–Crippen LogP) is 3.78. The zero-order chi connectivity index (χ0) is 24.5. The van der Waals surface area contributed by atoms with Crippen LogP contribution in [0.25, 0.3) is 0 Å². The van der Waals surface area contributed by atoms with E-state index in [4.69, 9.17) is 14.2 Å². The zero-order valence-corrected chi connectivity index (χ0v) is 21.6. The molecule has 1 aromatic rings. The average Bonchev–Trinajstić information content (AvgIpc) is 3.15. The number of methoxy groups -OCH3 is 1. The van der Waals surface area contributed by atoms with Crippen molar-refractivity contribution in [2.24, 2.45) is 5.92 Å². The van der Waals surface area contributed by atoms with E-state index in [0.29, 0.717) is 37.9 Å². The van der Waals surface area contributed by atoms with Crippen molar-refractivity contribution in [1.82, 2.24) is 9.55 Å². The molecule has 1 aliphatic rings. The number of H-pyrrole nitrogens is 1. The molecular weight excluding hydrogens is 432 g/mol. The molecule has 1 aliphatic heterocycles. The lowest BCUT2D eigenvalue weighted by molar-refractivity contribution is -0.143. The van der Waals surface area contributed by atoms with Gasteiger partial charge in [-0.2, -0.15) is 11.8 Å². The molecule has 1 saturated heterocycles. The third kappa shape index (κ3) is 10.4. The third-order valence-corrected chi connectivity index (χ3v) is 5.50. The summed E-state index contributed by atoms with van der Waals surface area (Å²) in [5.74, 6) is 0.960. The Labute approximate surface area is 196 Å². The summed E-state index contributed by atoms with van der Waals surface area (Å²) in [6.07, 6.45) is 5.87. The maximum Gasteiger partial charge on any atom is 0.330 e. The molecule has 0 bridgehead atoms. The summed E-state index contributed by atoms with van der Waals surface area (Å²) < 4.78 is 17.7. The largest absolute Gasteiger partial charge is 0.466 e. The molecule has 1 N–H and O–H groups in total. The summed E-state index contributed by atoms with van der Waals surface area (Å²) in [5, 5.41) is 0. The van der Waals surface area contributed by atoms with Gasteiger partial charge in [-0.15, -0.1) is 0 Å². The van der Waals surface area contributed by atoms with E-state index >= 15 is 0 Å². The van der Waals surface area contributed by atoms with Gasteiger partial charge in [0.05, 0.1) is 19.3 Å². The fraction of sp³-hybridized carbons (Fsp3) is 0.783. The fourth-order valence-electron chi connectivity index (χ4n) is 3.21. The number of carbonyl (C=O) groups excluding carboxylic acids is 1. The van der Waals surface area contributed by atoms with Gasteiger partial charge in [0.1, 0.15) is 6.23 Å². The highest BCUT2D eigenvalue weighted by molar-refractivity contribution is 7.98. The summed E-state index contributed by atoms with van der Waals surface area (Å²) in [6, 6.07) is 0. The number of nitrogens with zero attached hydrogens (tertiary/aromatic N) is 1. The number of carbonyl (C=O) groups is 1. The minimum Gasteiger partial charge on any atom is -0.466 e. The zero-order valence-electron chi connectivity index (χ0n) is 20.8. The number of hydrogen-bond donors (Lipinski definition) is 1. The van der Waals surface area contributed by atoms with Crippen LogP contribution in [0, 0.1) is 5.92 Å². The molecule has 3 atom stereocenters. The number of rotatable bonds is 11. The van der Waals surface area contributed by atoms with Crippen molar-refractivity contribution >= 4 is 17.7 Å². The lowest BCUT2D eigenvalue weighted by atomic mass is 10.0. The quantitative estimate of drug-likeness (QED) is 0.385. The van der Waals surface area contributed by atoms with Crippen LogP contribution in [0.3, 0.4) is 0 Å². The number of thioether (sulfide) groups is 1. The van der Waals surface area contributed by atoms with Crippen molar-refractivity contribution in [3.63, 3.8) is 0 Å². The monoisotopic (exact) mass is 474 g/mol. The van der Waals surface area contributed by atoms with Gasteiger partial charge < -0.3 is 14.2 Å². The molecule has 2 heterocycles. The Bertz CT molecular complexity index is 749. The summed E-state index contributed by atoms with van der Waals surface area (Å²) in [5.41, 5.74) is -0.416. The van der Waals surface area contributed by atoms with Crippen molar-refractivity contribution < 1.29 is 19.0 Å². The van der Waals surface area contributed by atoms with E-state index < -0.39 is 17.5 Å². The van der Waals surface area contributed by atoms with Crippen molar-refractivity contribution in [1.29, 1.82) is 0 Å². The van der Waals surface area contributed by atoms with E-state index in [1.54, 1.807) is 25.1 Å². The summed E-state index contributed by atoms with van der Waals surface area (Å²) in [6.45, 7) is 10.8. The minimum atomic E-state index is -0.482. The van der Waals surface area contributed by atoms with Gasteiger partial charge in [0.15, 0.2) is 0 Å². The van der Waals surface area contributed by atoms with Crippen LogP contribution in [0.15, 0.2) is 15.8 Å². The smallest absolute Gasteiger partial charge is 0.330 e. The normalized spacial score (nSPS) is 19.4. The molecular formula is C23H42N2O6S. The number of aromatic nitrogens is 2. The lowest BCUT2D eigenvalue weighted by Gasteiger charge is -2.16. The van der Waals surface area contributed by atoms with Gasteiger partial charge >= 0.3 is 11.7 Å². The number of aryl methyl sites for hydroxylation is 1. The number of ether oxygens (including phenoxy) is 3. The number of esters is 1. The number of aromatic amines is 1. The molecule has 3 unspecified atom stereocenters. The first-order valence-corrected chi connectivity index (χ1v) is 13.0. The van der Waals surface area contributed by atoms with Crippen LogP contribution in [-0.2, 0) is 25.4 Å². The summed E-state index contributed by atoms with van der Waals surface area (Å²) in [4.78, 5) is 38.3. The topological polar surface area (TPSA) is 99.6 Å². The van der Waals surface area contributed by atoms with Crippen LogP contribution >= 0.6 is 11.8 Å². The first kappa shape index (κ1) is 30.4. The first-order chi connectivity index (χ1) is 15.5. The van der Waals surface area contributed by atoms with Gasteiger partial charge in [0, 0.05) is 25.3 Å². The maximum absolute atomic E-state index is 12.2. The predicted molar refractivity (Wildman–Crippen MR) is 130 cm³/mol. The van der Waals surface area contributed by atoms with Gasteiger partial charge in [0.2, 0.25) is 0 Å². The molecule has 1 fully saturated rings. The van der Waals surface area contributed by atoms with Gasteiger partial charge in [-0.25, -0.2) is 4.79 Å². The molecule has 1 aromatic heterocycles. The Morgan fingerprint density at radius 3 is 2.56 bits per heavy atom. The second-order valence-electron chi connectivity index (χ2n) is 7.04. The average molecular weight is 475 g/mol. The van der Waals surface area contributed by atoms with Crippen LogP contribution in [0.5, 0.6) is 0 Å². The van der Waals surface area contributed by atoms with Crippen molar-refractivity contribution in [3.8, 4) is 0 Å². The molecule has 9 heteroatoms. The molecule has 8 nitrogen and oxygen atoms in total. The molecule has 0 spiro atoms. The lowest BCUT2D eigenvalue weighted by Crippen LogP contribution is -2.34. The Balaban J connectivity index is 0.00000227. The second kappa shape index (κ2) is 17.9.